The summed E-state index contributed by atoms with van der Waals surface area (Å²) in [6, 6.07) is 55.0. The van der Waals surface area contributed by atoms with Crippen LogP contribution >= 0.6 is 81.2 Å². The number of aromatic nitrogens is 11. The van der Waals surface area contributed by atoms with Gasteiger partial charge in [-0.05, 0) is 264 Å². The van der Waals surface area contributed by atoms with Gasteiger partial charge in [-0.3, -0.25) is 24.3 Å². The smallest absolute Gasteiger partial charge is 1.00 e. The van der Waals surface area contributed by atoms with Crippen molar-refractivity contribution < 1.29 is 55.6 Å². The van der Waals surface area contributed by atoms with Crippen LogP contribution in [0.3, 0.4) is 0 Å². The van der Waals surface area contributed by atoms with Crippen LogP contribution in [0.15, 0.2) is 189 Å². The zero-order valence-corrected chi connectivity index (χ0v) is 90.6. The Kier molecular flexibility index (Phi) is 59.7. The summed E-state index contributed by atoms with van der Waals surface area (Å²) in [5, 5.41) is 22.4. The minimum absolute atomic E-state index is 0. The third kappa shape index (κ3) is 40.9. The minimum atomic E-state index is -0.304. The summed E-state index contributed by atoms with van der Waals surface area (Å²) >= 11 is 39.9. The normalized spacial score (nSPS) is 12.7. The number of benzene rings is 6. The van der Waals surface area contributed by atoms with Crippen molar-refractivity contribution in [1.29, 1.82) is 0 Å². The summed E-state index contributed by atoms with van der Waals surface area (Å²) in [5.74, 6) is 1.35. The van der Waals surface area contributed by atoms with E-state index >= 15 is 0 Å². The standard InChI is InChI=1S/C14H11ClN4O2.5C9H10.2C8H19N.C7H9N3.C6H6Cl2N2O.C6H4Cl2N2O.C6H9ClN4.C6H8ClN3O.B.H3N.Na.H/c15-11-10(12(16)18-7-17-11)5-6-19-13(20)8-3-1-2-4-9(8)14(19)21;5*1-2-5-9-7-3-6-8(9)4-1;2*1-6-9(7(2)3)8(4)5;8-6-2-4-10-7-5(6)1-3-9-7;2*7-5-4(1-2-11)6(8)10-3-9-5;7-5-4(1-2-8)6(9)11-3-10-5;7-5-4(1-2-11)6(8)10-3-9-5;;;;/h1-4,7H,5-6H2,(H2,16,17,18);5*1-2,4-5H,3,6-7H2;2*7-8H,6H2,1-5H3;2,4H,1,3H2,(H3,8,9,10);3,11H,1-2H2;2-3H,1H2;3H,1-2,8H2,(H2,9,10,11);3,11H,1-2H2,(H2,8,9,10);;1H3;;/q;;;;;;;;;;;;;;;+1;-1. The fourth-order valence-corrected chi connectivity index (χ4v) is 18.3. The molecule has 751 valence electrons. The second kappa shape index (κ2) is 68.0. The molecule has 0 saturated carbocycles. The SMILES string of the molecule is CCN(C(C)C)C(C)C.CCN(C(C)C)C(C)C.N.NCCc1c(N)ncnc1Cl.Nc1ccnc2c1CCN2.Nc1ncnc(Cl)c1CCN1C(=O)c2ccccc2C1=O.Nc1ncnc(Cl)c1CCO.O=CCc1c(Cl)ncnc1Cl.OCCc1c(Cl)ncnc1Cl.[B].[H-].[Na+].c1ccc2c(c1)CCC2.c1ccc2c(c1)CCC2.c1ccc2c(c1)CCC2.c1ccc2c(c1)CCC2.c1ccc2c(c1)CCC2. The molecule has 0 spiro atoms. The number of nitrogen functional groups attached to an aromatic ring is 4. The zero-order valence-electron chi connectivity index (χ0n) is 84.3. The number of halogens is 7. The molecule has 2 amide bonds. The predicted molar refractivity (Wildman–Crippen MR) is 578 cm³/mol. The molecule has 0 bridgehead atoms. The second-order valence-electron chi connectivity index (χ2n) is 33.9. The van der Waals surface area contributed by atoms with E-state index in [0.717, 1.165) is 43.1 Å². The Morgan fingerprint density at radius 2 is 0.652 bits per heavy atom. The number of aliphatic hydroxyl groups excluding tert-OH is 2. The average molecular weight is 2070 g/mol. The Morgan fingerprint density at radius 1 is 0.390 bits per heavy atom. The molecule has 2 aliphatic heterocycles. The van der Waals surface area contributed by atoms with Crippen LogP contribution in [0.4, 0.5) is 29.0 Å². The van der Waals surface area contributed by atoms with E-state index in [1.54, 1.807) is 86.1 Å². The Labute approximate surface area is 894 Å². The summed E-state index contributed by atoms with van der Waals surface area (Å²) < 4.78 is 0. The van der Waals surface area contributed by atoms with Gasteiger partial charge in [-0.25, -0.2) is 54.8 Å². The Morgan fingerprint density at radius 3 is 0.908 bits per heavy atom. The predicted octanol–water partition coefficient (Wildman–Crippen LogP) is 17.5. The van der Waals surface area contributed by atoms with E-state index in [1.165, 1.54) is 138 Å². The number of aldehydes is 1. The fraction of sp³-hybridized carbons (Fsp3) is 0.396. The van der Waals surface area contributed by atoms with Crippen LogP contribution in [0.5, 0.6) is 0 Å². The maximum Gasteiger partial charge on any atom is 1.00 e. The molecule has 26 nitrogen and oxygen atoms in total. The third-order valence-corrected chi connectivity index (χ3v) is 25.8. The molecule has 0 unspecified atom stereocenters. The number of imide groups is 1. The number of pyridine rings is 1. The second-order valence-corrected chi connectivity index (χ2v) is 36.4. The molecule has 141 heavy (non-hydrogen) atoms. The van der Waals surface area contributed by atoms with Gasteiger partial charge in [0.25, 0.3) is 11.8 Å². The first-order chi connectivity index (χ1) is 66.5. The van der Waals surface area contributed by atoms with Crippen molar-refractivity contribution in [2.45, 2.75) is 228 Å². The van der Waals surface area contributed by atoms with Gasteiger partial charge in [0.1, 0.15) is 97.3 Å². The molecule has 0 saturated heterocycles. The van der Waals surface area contributed by atoms with Crippen LogP contribution in [0.25, 0.3) is 0 Å². The Bertz CT molecular complexity index is 5050. The number of carbonyl (C=O) groups is 3. The van der Waals surface area contributed by atoms with Crippen molar-refractivity contribution in [1.82, 2.24) is 75.7 Å². The molecule has 19 rings (SSSR count). The molecule has 12 aromatic rings. The Hall–Kier alpha value is -9.47. The number of anilines is 5. The van der Waals surface area contributed by atoms with E-state index in [0.29, 0.717) is 128 Å². The molecule has 6 aromatic carbocycles. The van der Waals surface area contributed by atoms with Crippen LogP contribution in [-0.4, -0.2) is 176 Å². The number of amides is 2. The number of nitrogens with zero attached hydrogens (tertiary/aromatic N) is 14. The minimum Gasteiger partial charge on any atom is -1.00 e. The third-order valence-electron chi connectivity index (χ3n) is 23.5. The van der Waals surface area contributed by atoms with Crippen LogP contribution < -0.4 is 69.7 Å². The topological polar surface area (TPSA) is 420 Å². The van der Waals surface area contributed by atoms with Gasteiger partial charge in [-0.2, -0.15) is 0 Å². The van der Waals surface area contributed by atoms with E-state index in [-0.39, 0.29) is 105 Å². The van der Waals surface area contributed by atoms with Crippen LogP contribution in [0.1, 0.15) is 212 Å². The molecule has 3 radical (unpaired) electrons. The van der Waals surface area contributed by atoms with Crippen LogP contribution in [0.2, 0.25) is 36.1 Å². The van der Waals surface area contributed by atoms with Crippen molar-refractivity contribution in [3.8, 4) is 0 Å². The molecular weight excluding hydrogens is 1930 g/mol. The van der Waals surface area contributed by atoms with Crippen LogP contribution in [0, 0.1) is 0 Å². The molecule has 6 aromatic heterocycles. The number of fused-ring (bicyclic) bond motifs is 7. The van der Waals surface area contributed by atoms with E-state index in [9.17, 15) is 14.4 Å². The Balaban J connectivity index is 0.000000398. The van der Waals surface area contributed by atoms with Gasteiger partial charge in [-0.1, -0.05) is 229 Å². The molecule has 0 fully saturated rings. The molecule has 35 heteroatoms. The summed E-state index contributed by atoms with van der Waals surface area (Å²) in [6.07, 6.45) is 31.5. The summed E-state index contributed by atoms with van der Waals surface area (Å²) in [4.78, 5) is 82.2. The fourth-order valence-electron chi connectivity index (χ4n) is 16.6. The largest absolute Gasteiger partial charge is 1.00 e. The number of aryl methyl sites for hydroxylation is 10. The number of nitrogens with two attached hydrogens (primary N) is 5. The molecule has 5 aliphatic carbocycles. The number of hydrogen-bond acceptors (Lipinski definition) is 25. The first-order valence-electron chi connectivity index (χ1n) is 47.2. The molecule has 16 N–H and O–H groups in total. The van der Waals surface area contributed by atoms with Gasteiger partial charge in [0.15, 0.2) is 0 Å². The summed E-state index contributed by atoms with van der Waals surface area (Å²) in [6.45, 7) is 26.3. The zero-order chi connectivity index (χ0) is 100. The van der Waals surface area contributed by atoms with Gasteiger partial charge < -0.3 is 56.6 Å². The van der Waals surface area contributed by atoms with E-state index in [4.69, 9.17) is 120 Å². The van der Waals surface area contributed by atoms with Gasteiger partial charge in [0.05, 0.1) is 11.1 Å². The van der Waals surface area contributed by atoms with Gasteiger partial charge in [-0.15, -0.1) is 0 Å². The monoisotopic (exact) mass is 2060 g/mol. The van der Waals surface area contributed by atoms with Crippen LogP contribution in [-0.2, 0) is 108 Å². The number of carbonyl (C=O) groups excluding carboxylic acids is 3. The summed E-state index contributed by atoms with van der Waals surface area (Å²) in [7, 11) is 0. The van der Waals surface area contributed by atoms with E-state index in [2.05, 4.69) is 261 Å². The number of nitrogens with one attached hydrogen (secondary N) is 1. The quantitative estimate of drug-likeness (QED) is 0.0177. The average Bonchev–Trinajstić information content (AvgIpc) is 1.63. The number of aliphatic hydroxyl groups is 2. The number of rotatable bonds is 17. The molecule has 8 heterocycles. The summed E-state index contributed by atoms with van der Waals surface area (Å²) in [5.41, 5.74) is 49.2. The maximum atomic E-state index is 12.2. The number of hydrogen-bond donors (Lipinski definition) is 9. The van der Waals surface area contributed by atoms with Crippen molar-refractivity contribution >= 4 is 137 Å². The van der Waals surface area contributed by atoms with E-state index < -0.39 is 0 Å². The van der Waals surface area contributed by atoms with Crippen molar-refractivity contribution in [2.24, 2.45) is 5.73 Å². The van der Waals surface area contributed by atoms with Gasteiger partial charge in [0, 0.05) is 123 Å². The molecule has 7 aliphatic rings. The first kappa shape index (κ1) is 124. The van der Waals surface area contributed by atoms with E-state index in [1.807, 2.05) is 6.07 Å². The van der Waals surface area contributed by atoms with Crippen molar-refractivity contribution in [3.05, 3.63) is 326 Å². The maximum absolute atomic E-state index is 12.2. The van der Waals surface area contributed by atoms with Crippen molar-refractivity contribution in [3.63, 3.8) is 0 Å². The first-order valence-corrected chi connectivity index (χ1v) is 49.8. The van der Waals surface area contributed by atoms with Gasteiger partial charge in [0.2, 0.25) is 0 Å². The molecule has 0 atom stereocenters. The van der Waals surface area contributed by atoms with Gasteiger partial charge >= 0.3 is 29.6 Å². The van der Waals surface area contributed by atoms with Crippen molar-refractivity contribution in [2.75, 3.05) is 74.2 Å². The molecular formula is C106H139BCl7N21NaO5.